The maximum atomic E-state index is 11.6. The van der Waals surface area contributed by atoms with Gasteiger partial charge in [-0.3, -0.25) is 4.79 Å². The van der Waals surface area contributed by atoms with Crippen LogP contribution in [-0.2, 0) is 4.79 Å². The van der Waals surface area contributed by atoms with E-state index in [1.54, 1.807) is 0 Å². The number of hydrogen-bond acceptors (Lipinski definition) is 3. The third kappa shape index (κ3) is 5.27. The maximum Gasteiger partial charge on any atom is 0.335 e. The van der Waals surface area contributed by atoms with Gasteiger partial charge in [-0.2, -0.15) is 0 Å². The van der Waals surface area contributed by atoms with Crippen molar-refractivity contribution in [1.29, 1.82) is 0 Å². The predicted molar refractivity (Wildman–Crippen MR) is 76.8 cm³/mol. The number of carbonyl (C=O) groups is 3. The van der Waals surface area contributed by atoms with Crippen LogP contribution in [0.3, 0.4) is 0 Å². The van der Waals surface area contributed by atoms with Crippen LogP contribution in [0.15, 0.2) is 22.7 Å². The number of carbonyl (C=O) groups excluding carboxylic acids is 2. The van der Waals surface area contributed by atoms with E-state index in [1.807, 2.05) is 0 Å². The minimum Gasteiger partial charge on any atom is -0.478 e. The van der Waals surface area contributed by atoms with Crippen molar-refractivity contribution in [2.75, 3.05) is 18.4 Å². The van der Waals surface area contributed by atoms with Crippen molar-refractivity contribution in [2.24, 2.45) is 0 Å². The van der Waals surface area contributed by atoms with Gasteiger partial charge in [-0.15, -0.1) is 0 Å². The second-order valence-corrected chi connectivity index (χ2v) is 4.72. The van der Waals surface area contributed by atoms with Crippen LogP contribution in [0.5, 0.6) is 0 Å². The van der Waals surface area contributed by atoms with Gasteiger partial charge in [-0.25, -0.2) is 9.59 Å². The molecule has 3 amide bonds. The van der Waals surface area contributed by atoms with Gasteiger partial charge in [0.15, 0.2) is 0 Å². The monoisotopic (exact) mass is 343 g/mol. The summed E-state index contributed by atoms with van der Waals surface area (Å²) >= 11 is 3.18. The molecule has 0 spiro atoms. The molecule has 0 atom stereocenters. The van der Waals surface area contributed by atoms with Gasteiger partial charge in [0.05, 0.1) is 11.3 Å². The average molecular weight is 344 g/mol. The number of carboxylic acid groups (broad SMARTS) is 1. The molecule has 4 N–H and O–H groups in total. The molecule has 8 heteroatoms. The first-order valence-electron chi connectivity index (χ1n) is 5.72. The summed E-state index contributed by atoms with van der Waals surface area (Å²) in [6.07, 6.45) is 0. The Labute approximate surface area is 123 Å². The number of amides is 3. The fourth-order valence-electron chi connectivity index (χ4n) is 1.33. The Balaban J connectivity index is 2.50. The van der Waals surface area contributed by atoms with Crippen LogP contribution in [0.1, 0.15) is 17.3 Å². The number of halogens is 1. The van der Waals surface area contributed by atoms with Crippen LogP contribution in [0.4, 0.5) is 10.5 Å². The molecule has 1 aromatic carbocycles. The van der Waals surface area contributed by atoms with E-state index in [0.29, 0.717) is 16.7 Å². The fourth-order valence-corrected chi connectivity index (χ4v) is 1.81. The third-order valence-electron chi connectivity index (χ3n) is 2.25. The van der Waals surface area contributed by atoms with Gasteiger partial charge in [0, 0.05) is 24.5 Å². The standard InChI is InChI=1S/C12H14BrN3O4/c1-7(17)14-4-5-15-12(20)16-10-3-2-8(11(18)19)6-9(10)13/h2-3,6H,4-5H2,1H3,(H,14,17)(H,18,19)(H2,15,16,20). The van der Waals surface area contributed by atoms with Gasteiger partial charge in [0.25, 0.3) is 0 Å². The molecule has 0 fully saturated rings. The Bertz CT molecular complexity index is 533. The van der Waals surface area contributed by atoms with Crippen LogP contribution in [0.25, 0.3) is 0 Å². The van der Waals surface area contributed by atoms with Gasteiger partial charge < -0.3 is 21.1 Å². The van der Waals surface area contributed by atoms with Crippen LogP contribution >= 0.6 is 15.9 Å². The first-order chi connectivity index (χ1) is 9.40. The smallest absolute Gasteiger partial charge is 0.335 e. The predicted octanol–water partition coefficient (Wildman–Crippen LogP) is 1.40. The highest BCUT2D eigenvalue weighted by Gasteiger charge is 2.08. The van der Waals surface area contributed by atoms with E-state index in [-0.39, 0.29) is 18.0 Å². The molecule has 1 rings (SSSR count). The number of anilines is 1. The summed E-state index contributed by atoms with van der Waals surface area (Å²) in [5.74, 6) is -1.21. The summed E-state index contributed by atoms with van der Waals surface area (Å²) in [6, 6.07) is 3.83. The summed E-state index contributed by atoms with van der Waals surface area (Å²) in [6.45, 7) is 2.01. The molecule has 20 heavy (non-hydrogen) atoms. The van der Waals surface area contributed by atoms with Gasteiger partial charge in [0.1, 0.15) is 0 Å². The lowest BCUT2D eigenvalue weighted by atomic mass is 10.2. The summed E-state index contributed by atoms with van der Waals surface area (Å²) in [7, 11) is 0. The van der Waals surface area contributed by atoms with Crippen molar-refractivity contribution in [3.05, 3.63) is 28.2 Å². The van der Waals surface area contributed by atoms with Crippen molar-refractivity contribution in [3.63, 3.8) is 0 Å². The van der Waals surface area contributed by atoms with Gasteiger partial charge in [-0.1, -0.05) is 0 Å². The van der Waals surface area contributed by atoms with Crippen molar-refractivity contribution in [1.82, 2.24) is 10.6 Å². The zero-order valence-electron chi connectivity index (χ0n) is 10.7. The van der Waals surface area contributed by atoms with E-state index in [2.05, 4.69) is 31.9 Å². The maximum absolute atomic E-state index is 11.6. The Kier molecular flexibility index (Phi) is 5.98. The molecular weight excluding hydrogens is 330 g/mol. The number of benzene rings is 1. The van der Waals surface area contributed by atoms with Crippen LogP contribution in [0.2, 0.25) is 0 Å². The number of nitrogens with one attached hydrogen (secondary N) is 3. The molecule has 0 aliphatic rings. The summed E-state index contributed by atoms with van der Waals surface area (Å²) in [5.41, 5.74) is 0.570. The molecule has 0 saturated carbocycles. The van der Waals surface area contributed by atoms with Crippen LogP contribution in [-0.4, -0.2) is 36.1 Å². The topological polar surface area (TPSA) is 108 Å². The van der Waals surface area contributed by atoms with Crippen LogP contribution in [0, 0.1) is 0 Å². The molecule has 0 bridgehead atoms. The van der Waals surface area contributed by atoms with Gasteiger partial charge in [0.2, 0.25) is 5.91 Å². The average Bonchev–Trinajstić information content (AvgIpc) is 2.36. The molecule has 0 heterocycles. The molecule has 108 valence electrons. The zero-order valence-corrected chi connectivity index (χ0v) is 12.3. The van der Waals surface area contributed by atoms with Gasteiger partial charge >= 0.3 is 12.0 Å². The number of rotatable bonds is 5. The Morgan fingerprint density at radius 3 is 2.40 bits per heavy atom. The van der Waals surface area contributed by atoms with E-state index in [9.17, 15) is 14.4 Å². The summed E-state index contributed by atoms with van der Waals surface area (Å²) in [5, 5.41) is 16.5. The van der Waals surface area contributed by atoms with Crippen molar-refractivity contribution in [3.8, 4) is 0 Å². The van der Waals surface area contributed by atoms with Gasteiger partial charge in [-0.05, 0) is 34.1 Å². The molecule has 0 unspecified atom stereocenters. The van der Waals surface area contributed by atoms with E-state index in [0.717, 1.165) is 0 Å². The van der Waals surface area contributed by atoms with Crippen molar-refractivity contribution in [2.45, 2.75) is 6.92 Å². The van der Waals surface area contributed by atoms with E-state index in [1.165, 1.54) is 25.1 Å². The minimum atomic E-state index is -1.04. The quantitative estimate of drug-likeness (QED) is 0.606. The minimum absolute atomic E-state index is 0.119. The van der Waals surface area contributed by atoms with Crippen molar-refractivity contribution >= 4 is 39.5 Å². The van der Waals surface area contributed by atoms with E-state index >= 15 is 0 Å². The summed E-state index contributed by atoms with van der Waals surface area (Å²) < 4.78 is 0.467. The third-order valence-corrected chi connectivity index (χ3v) is 2.90. The number of urea groups is 1. The zero-order chi connectivity index (χ0) is 15.1. The largest absolute Gasteiger partial charge is 0.478 e. The molecule has 0 radical (unpaired) electrons. The highest BCUT2D eigenvalue weighted by molar-refractivity contribution is 9.10. The second kappa shape index (κ2) is 7.49. The highest BCUT2D eigenvalue weighted by Crippen LogP contribution is 2.23. The van der Waals surface area contributed by atoms with Crippen molar-refractivity contribution < 1.29 is 19.5 Å². The highest BCUT2D eigenvalue weighted by atomic mass is 79.9. The SMILES string of the molecule is CC(=O)NCCNC(=O)Nc1ccc(C(=O)O)cc1Br. The molecule has 0 aliphatic carbocycles. The molecular formula is C12H14BrN3O4. The van der Waals surface area contributed by atoms with Crippen LogP contribution < -0.4 is 16.0 Å². The number of aromatic carboxylic acids is 1. The summed E-state index contributed by atoms with van der Waals surface area (Å²) in [4.78, 5) is 32.9. The molecule has 0 aliphatic heterocycles. The first-order valence-corrected chi connectivity index (χ1v) is 6.51. The second-order valence-electron chi connectivity index (χ2n) is 3.86. The number of hydrogen-bond donors (Lipinski definition) is 4. The molecule has 0 saturated heterocycles. The Morgan fingerprint density at radius 2 is 1.85 bits per heavy atom. The fraction of sp³-hybridized carbons (Fsp3) is 0.250. The van der Waals surface area contributed by atoms with E-state index in [4.69, 9.17) is 5.11 Å². The Hall–Kier alpha value is -2.09. The lowest BCUT2D eigenvalue weighted by molar-refractivity contribution is -0.118. The number of carboxylic acids is 1. The molecule has 1 aromatic rings. The Morgan fingerprint density at radius 1 is 1.20 bits per heavy atom. The first kappa shape index (κ1) is 16.0. The molecule has 0 aromatic heterocycles. The van der Waals surface area contributed by atoms with E-state index < -0.39 is 12.0 Å². The lowest BCUT2D eigenvalue weighted by Crippen LogP contribution is -2.36. The normalized spacial score (nSPS) is 9.70. The molecule has 7 nitrogen and oxygen atoms in total. The lowest BCUT2D eigenvalue weighted by Gasteiger charge is -2.09.